The van der Waals surface area contributed by atoms with Gasteiger partial charge in [0.1, 0.15) is 11.9 Å². The molecular formula is C23H17ClN4O2. The lowest BCUT2D eigenvalue weighted by Gasteiger charge is -2.11. The Hall–Kier alpha value is -3.82. The molecule has 148 valence electrons. The second-order valence-corrected chi connectivity index (χ2v) is 7.31. The van der Waals surface area contributed by atoms with Gasteiger partial charge in [-0.05, 0) is 61.9 Å². The van der Waals surface area contributed by atoms with Crippen molar-refractivity contribution in [2.24, 2.45) is 0 Å². The molecule has 0 aliphatic carbocycles. The first kappa shape index (κ1) is 19.5. The summed E-state index contributed by atoms with van der Waals surface area (Å²) in [4.78, 5) is 19.1. The molecule has 4 rings (SSSR count). The molecule has 0 saturated heterocycles. The van der Waals surface area contributed by atoms with E-state index in [9.17, 15) is 15.2 Å². The summed E-state index contributed by atoms with van der Waals surface area (Å²) in [5.74, 6) is -0.579. The SMILES string of the molecule is Cc1cc(C=C(C#N)c2nc3ccccc3[nH]2)c(C)n1-c1ccc(Cl)c(C(=O)O)c1. The van der Waals surface area contributed by atoms with Crippen LogP contribution in [0.2, 0.25) is 5.02 Å². The molecule has 0 aliphatic rings. The van der Waals surface area contributed by atoms with Crippen LogP contribution in [0.25, 0.3) is 28.4 Å². The van der Waals surface area contributed by atoms with Crippen LogP contribution >= 0.6 is 11.6 Å². The lowest BCUT2D eigenvalue weighted by atomic mass is 10.1. The summed E-state index contributed by atoms with van der Waals surface area (Å²) < 4.78 is 1.93. The Morgan fingerprint density at radius 1 is 1.23 bits per heavy atom. The minimum atomic E-state index is -1.08. The van der Waals surface area contributed by atoms with Gasteiger partial charge in [-0.15, -0.1) is 0 Å². The number of hydrogen-bond acceptors (Lipinski definition) is 3. The first-order chi connectivity index (χ1) is 14.4. The van der Waals surface area contributed by atoms with E-state index in [-0.39, 0.29) is 10.6 Å². The van der Waals surface area contributed by atoms with E-state index in [1.807, 2.05) is 48.7 Å². The highest BCUT2D eigenvalue weighted by Crippen LogP contribution is 2.27. The first-order valence-electron chi connectivity index (χ1n) is 9.18. The topological polar surface area (TPSA) is 94.7 Å². The Morgan fingerprint density at radius 2 is 2.00 bits per heavy atom. The number of H-pyrrole nitrogens is 1. The summed E-state index contributed by atoms with van der Waals surface area (Å²) >= 11 is 6.01. The number of rotatable bonds is 4. The molecule has 0 unspecified atom stereocenters. The maximum atomic E-state index is 11.4. The third-order valence-electron chi connectivity index (χ3n) is 4.97. The van der Waals surface area contributed by atoms with Crippen LogP contribution in [0.5, 0.6) is 0 Å². The van der Waals surface area contributed by atoms with Gasteiger partial charge >= 0.3 is 5.97 Å². The molecule has 30 heavy (non-hydrogen) atoms. The number of nitrogens with zero attached hydrogens (tertiary/aromatic N) is 3. The number of aromatic carboxylic acids is 1. The number of carboxylic acid groups (broad SMARTS) is 1. The van der Waals surface area contributed by atoms with Crippen LogP contribution in [-0.2, 0) is 0 Å². The number of hydrogen-bond donors (Lipinski definition) is 2. The van der Waals surface area contributed by atoms with E-state index in [1.54, 1.807) is 24.3 Å². The number of aromatic amines is 1. The summed E-state index contributed by atoms with van der Waals surface area (Å²) in [5.41, 5.74) is 5.41. The van der Waals surface area contributed by atoms with Gasteiger partial charge in [-0.25, -0.2) is 9.78 Å². The molecule has 0 saturated carbocycles. The zero-order valence-electron chi connectivity index (χ0n) is 16.3. The average Bonchev–Trinajstić information content (AvgIpc) is 3.27. The van der Waals surface area contributed by atoms with Gasteiger partial charge in [0.25, 0.3) is 0 Å². The lowest BCUT2D eigenvalue weighted by Crippen LogP contribution is -2.03. The highest BCUT2D eigenvalue weighted by atomic mass is 35.5. The van der Waals surface area contributed by atoms with E-state index in [0.717, 1.165) is 28.0 Å². The van der Waals surface area contributed by atoms with Crippen LogP contribution in [0.3, 0.4) is 0 Å². The molecule has 2 heterocycles. The van der Waals surface area contributed by atoms with Gasteiger partial charge in [0.15, 0.2) is 0 Å². The third kappa shape index (κ3) is 3.36. The number of carboxylic acids is 1. The molecule has 0 bridgehead atoms. The van der Waals surface area contributed by atoms with Crippen LogP contribution in [0.4, 0.5) is 0 Å². The minimum absolute atomic E-state index is 0.0405. The number of halogens is 1. The Labute approximate surface area is 177 Å². The molecule has 0 radical (unpaired) electrons. The number of carbonyl (C=O) groups is 1. The molecule has 6 nitrogen and oxygen atoms in total. The fourth-order valence-electron chi connectivity index (χ4n) is 3.54. The summed E-state index contributed by atoms with van der Waals surface area (Å²) in [5, 5.41) is 19.3. The summed E-state index contributed by atoms with van der Waals surface area (Å²) in [6, 6.07) is 16.7. The van der Waals surface area contributed by atoms with Gasteiger partial charge in [0, 0.05) is 17.1 Å². The van der Waals surface area contributed by atoms with Crippen LogP contribution in [0, 0.1) is 25.2 Å². The van der Waals surface area contributed by atoms with Crippen molar-refractivity contribution in [1.82, 2.24) is 14.5 Å². The van der Waals surface area contributed by atoms with Crippen molar-refractivity contribution in [2.75, 3.05) is 0 Å². The van der Waals surface area contributed by atoms with E-state index in [4.69, 9.17) is 11.6 Å². The van der Waals surface area contributed by atoms with Crippen molar-refractivity contribution < 1.29 is 9.90 Å². The molecule has 0 amide bonds. The molecule has 7 heteroatoms. The van der Waals surface area contributed by atoms with Gasteiger partial charge in [-0.3, -0.25) is 0 Å². The molecule has 4 aromatic rings. The normalized spacial score (nSPS) is 11.6. The van der Waals surface area contributed by atoms with E-state index >= 15 is 0 Å². The van der Waals surface area contributed by atoms with Crippen LogP contribution in [0.15, 0.2) is 48.5 Å². The van der Waals surface area contributed by atoms with E-state index in [1.165, 1.54) is 0 Å². The number of para-hydroxylation sites is 2. The number of fused-ring (bicyclic) bond motifs is 1. The number of aromatic nitrogens is 3. The van der Waals surface area contributed by atoms with Gasteiger partial charge in [0.2, 0.25) is 0 Å². The van der Waals surface area contributed by atoms with Gasteiger partial charge in [0.05, 0.1) is 27.2 Å². The Bertz CT molecular complexity index is 1340. The average molecular weight is 417 g/mol. The Morgan fingerprint density at radius 3 is 2.70 bits per heavy atom. The molecule has 2 aromatic carbocycles. The highest BCUT2D eigenvalue weighted by Gasteiger charge is 2.15. The standard InChI is InChI=1S/C23H17ClN4O2/c1-13-9-15(10-16(12-25)22-26-20-5-3-4-6-21(20)27-22)14(2)28(13)17-7-8-19(24)18(11-17)23(29)30/h3-11H,1-2H3,(H,26,27)(H,29,30). The Kier molecular flexibility index (Phi) is 4.90. The predicted molar refractivity (Wildman–Crippen MR) is 117 cm³/mol. The molecular weight excluding hydrogens is 400 g/mol. The highest BCUT2D eigenvalue weighted by molar-refractivity contribution is 6.33. The molecule has 0 spiro atoms. The van der Waals surface area contributed by atoms with E-state index in [0.29, 0.717) is 17.1 Å². The van der Waals surface area contributed by atoms with E-state index in [2.05, 4.69) is 16.0 Å². The monoisotopic (exact) mass is 416 g/mol. The number of imidazole rings is 1. The number of nitriles is 1. The maximum absolute atomic E-state index is 11.4. The number of aryl methyl sites for hydroxylation is 1. The van der Waals surface area contributed by atoms with Crippen molar-refractivity contribution in [3.05, 3.63) is 81.9 Å². The van der Waals surface area contributed by atoms with Gasteiger partial charge < -0.3 is 14.7 Å². The van der Waals surface area contributed by atoms with Gasteiger partial charge in [-0.2, -0.15) is 5.26 Å². The molecule has 0 atom stereocenters. The second-order valence-electron chi connectivity index (χ2n) is 6.90. The van der Waals surface area contributed by atoms with E-state index < -0.39 is 5.97 Å². The number of allylic oxidation sites excluding steroid dienone is 1. The fraction of sp³-hybridized carbons (Fsp3) is 0.0870. The number of benzene rings is 2. The zero-order chi connectivity index (χ0) is 21.4. The second kappa shape index (κ2) is 7.54. The van der Waals surface area contributed by atoms with Crippen molar-refractivity contribution >= 4 is 40.3 Å². The van der Waals surface area contributed by atoms with Crippen molar-refractivity contribution in [1.29, 1.82) is 5.26 Å². The molecule has 2 aromatic heterocycles. The molecule has 0 fully saturated rings. The Balaban J connectivity index is 1.81. The fourth-order valence-corrected chi connectivity index (χ4v) is 3.74. The quantitative estimate of drug-likeness (QED) is 0.436. The maximum Gasteiger partial charge on any atom is 0.337 e. The molecule has 0 aliphatic heterocycles. The van der Waals surface area contributed by atoms with Gasteiger partial charge in [-0.1, -0.05) is 23.7 Å². The third-order valence-corrected chi connectivity index (χ3v) is 5.30. The van der Waals surface area contributed by atoms with Crippen LogP contribution in [-0.4, -0.2) is 25.6 Å². The minimum Gasteiger partial charge on any atom is -0.478 e. The number of nitrogens with one attached hydrogen (secondary N) is 1. The zero-order valence-corrected chi connectivity index (χ0v) is 17.0. The van der Waals surface area contributed by atoms with Crippen molar-refractivity contribution in [3.8, 4) is 11.8 Å². The van der Waals surface area contributed by atoms with Crippen molar-refractivity contribution in [3.63, 3.8) is 0 Å². The van der Waals surface area contributed by atoms with Crippen LogP contribution < -0.4 is 0 Å². The summed E-state index contributed by atoms with van der Waals surface area (Å²) in [6.45, 7) is 3.84. The summed E-state index contributed by atoms with van der Waals surface area (Å²) in [6.07, 6.45) is 1.78. The first-order valence-corrected chi connectivity index (χ1v) is 9.56. The predicted octanol–water partition coefficient (Wildman–Crippen LogP) is 5.39. The van der Waals surface area contributed by atoms with Crippen LogP contribution in [0.1, 0.15) is 33.1 Å². The smallest absolute Gasteiger partial charge is 0.337 e. The largest absolute Gasteiger partial charge is 0.478 e. The lowest BCUT2D eigenvalue weighted by molar-refractivity contribution is 0.0697. The molecule has 2 N–H and O–H groups in total. The van der Waals surface area contributed by atoms with Crippen molar-refractivity contribution in [2.45, 2.75) is 13.8 Å². The summed E-state index contributed by atoms with van der Waals surface area (Å²) in [7, 11) is 0.